The molecule has 2 aliphatic heterocycles. The van der Waals surface area contributed by atoms with Gasteiger partial charge in [0.25, 0.3) is 0 Å². The van der Waals surface area contributed by atoms with Gasteiger partial charge in [-0.15, -0.1) is 0 Å². The zero-order valence-electron chi connectivity index (χ0n) is 25.7. The number of fused-ring (bicyclic) bond motifs is 3. The third kappa shape index (κ3) is 6.73. The van der Waals surface area contributed by atoms with Gasteiger partial charge in [0, 0.05) is 18.0 Å². The molecule has 1 saturated carbocycles. The molecule has 1 amide bonds. The number of hydrogen-bond acceptors (Lipinski definition) is 7. The maximum atomic E-state index is 14.2. The molecule has 8 nitrogen and oxygen atoms in total. The predicted octanol–water partition coefficient (Wildman–Crippen LogP) is 5.81. The molecule has 2 aromatic rings. The van der Waals surface area contributed by atoms with E-state index in [4.69, 9.17) is 14.2 Å². The van der Waals surface area contributed by atoms with Crippen molar-refractivity contribution < 1.29 is 28.6 Å². The van der Waals surface area contributed by atoms with Gasteiger partial charge in [0.15, 0.2) is 0 Å². The number of rotatable bonds is 4. The lowest BCUT2D eigenvalue weighted by molar-refractivity contribution is -0.157. The minimum atomic E-state index is -0.764. The quantitative estimate of drug-likeness (QED) is 0.423. The number of carbonyl (C=O) groups excluding carboxylic acids is 3. The SMILES string of the molecule is CCOC(=O)[C@@H]1C[C@@H]2CN1C(=O)[C@H](C1CCCC1)CC(=O)OCC(C)(C)CCCc1cc(CC)c3ccnc(c3c1)O2. The summed E-state index contributed by atoms with van der Waals surface area (Å²) in [6.45, 7) is 8.95. The van der Waals surface area contributed by atoms with Crippen molar-refractivity contribution in [2.24, 2.45) is 17.3 Å². The summed E-state index contributed by atoms with van der Waals surface area (Å²) in [5.41, 5.74) is 2.27. The van der Waals surface area contributed by atoms with E-state index in [1.165, 1.54) is 11.1 Å². The lowest BCUT2D eigenvalue weighted by Crippen LogP contribution is -2.46. The van der Waals surface area contributed by atoms with E-state index in [9.17, 15) is 14.4 Å². The molecule has 228 valence electrons. The molecular formula is C34H46N2O6. The zero-order valence-corrected chi connectivity index (χ0v) is 25.7. The molecule has 3 atom stereocenters. The van der Waals surface area contributed by atoms with E-state index in [-0.39, 0.29) is 42.8 Å². The van der Waals surface area contributed by atoms with Crippen molar-refractivity contribution in [2.75, 3.05) is 19.8 Å². The molecule has 0 radical (unpaired) electrons. The van der Waals surface area contributed by atoms with Crippen LogP contribution in [0, 0.1) is 17.3 Å². The van der Waals surface area contributed by atoms with Crippen LogP contribution in [0.4, 0.5) is 0 Å². The molecule has 1 aromatic carbocycles. The number of nitrogens with zero attached hydrogens (tertiary/aromatic N) is 2. The molecule has 1 aliphatic carbocycles. The van der Waals surface area contributed by atoms with Crippen LogP contribution >= 0.6 is 0 Å². The van der Waals surface area contributed by atoms with Crippen molar-refractivity contribution in [2.45, 2.75) is 104 Å². The second kappa shape index (κ2) is 13.0. The van der Waals surface area contributed by atoms with Crippen LogP contribution < -0.4 is 4.74 Å². The molecule has 1 aromatic heterocycles. The van der Waals surface area contributed by atoms with E-state index in [0.29, 0.717) is 18.9 Å². The zero-order chi connectivity index (χ0) is 29.9. The molecule has 0 spiro atoms. The standard InChI is InChI=1S/C34H46N2O6/c1-5-23-16-22-10-9-14-34(3,4)21-41-30(37)19-27(24-11-7-8-12-24)32(38)36-20-25(18-29(36)33(39)40-6-2)42-31-28(17-22)26(23)13-15-35-31/h13,15-17,24-25,27,29H,5-12,14,18-21H2,1-4H3/t25-,27+,29+/m1/s1. The van der Waals surface area contributed by atoms with Gasteiger partial charge in [-0.25, -0.2) is 9.78 Å². The first-order valence-electron chi connectivity index (χ1n) is 15.9. The van der Waals surface area contributed by atoms with Crippen LogP contribution in [0.2, 0.25) is 0 Å². The third-order valence-electron chi connectivity index (χ3n) is 9.37. The average molecular weight is 579 g/mol. The van der Waals surface area contributed by atoms with Gasteiger partial charge < -0.3 is 19.1 Å². The topological polar surface area (TPSA) is 95.0 Å². The summed E-state index contributed by atoms with van der Waals surface area (Å²) in [4.78, 5) is 46.8. The van der Waals surface area contributed by atoms with Crippen LogP contribution in [0.1, 0.15) is 90.2 Å². The Morgan fingerprint density at radius 1 is 1.12 bits per heavy atom. The summed E-state index contributed by atoms with van der Waals surface area (Å²) in [7, 11) is 0. The summed E-state index contributed by atoms with van der Waals surface area (Å²) in [6, 6.07) is 5.71. The van der Waals surface area contributed by atoms with Crippen molar-refractivity contribution in [1.29, 1.82) is 0 Å². The highest BCUT2D eigenvalue weighted by atomic mass is 16.5. The van der Waals surface area contributed by atoms with Gasteiger partial charge in [-0.05, 0) is 85.4 Å². The first kappa shape index (κ1) is 30.3. The van der Waals surface area contributed by atoms with Gasteiger partial charge in [-0.2, -0.15) is 0 Å². The Morgan fingerprint density at radius 2 is 1.90 bits per heavy atom. The van der Waals surface area contributed by atoms with Gasteiger partial charge in [-0.1, -0.05) is 39.7 Å². The number of pyridine rings is 1. The first-order valence-corrected chi connectivity index (χ1v) is 15.9. The lowest BCUT2D eigenvalue weighted by Gasteiger charge is -2.30. The number of aryl methyl sites for hydroxylation is 2. The van der Waals surface area contributed by atoms with E-state index in [2.05, 4.69) is 37.9 Å². The van der Waals surface area contributed by atoms with Crippen molar-refractivity contribution in [3.8, 4) is 5.88 Å². The maximum Gasteiger partial charge on any atom is 0.328 e. The molecule has 3 aliphatic rings. The Balaban J connectivity index is 1.53. The number of esters is 2. The summed E-state index contributed by atoms with van der Waals surface area (Å²) in [6.07, 6.45) is 9.21. The third-order valence-corrected chi connectivity index (χ3v) is 9.37. The molecule has 4 bridgehead atoms. The highest BCUT2D eigenvalue weighted by Crippen LogP contribution is 2.38. The number of benzene rings is 1. The average Bonchev–Trinajstić information content (AvgIpc) is 3.65. The molecule has 3 heterocycles. The Bertz CT molecular complexity index is 1300. The van der Waals surface area contributed by atoms with Crippen LogP contribution in [0.5, 0.6) is 5.88 Å². The van der Waals surface area contributed by atoms with E-state index in [1.54, 1.807) is 18.0 Å². The Labute approximate surface area is 249 Å². The molecule has 0 unspecified atom stereocenters. The van der Waals surface area contributed by atoms with Crippen LogP contribution in [0.15, 0.2) is 24.4 Å². The van der Waals surface area contributed by atoms with Crippen LogP contribution in [-0.4, -0.2) is 59.6 Å². The van der Waals surface area contributed by atoms with Crippen molar-refractivity contribution in [1.82, 2.24) is 9.88 Å². The number of cyclic esters (lactones) is 1. The molecule has 5 rings (SSSR count). The monoisotopic (exact) mass is 578 g/mol. The highest BCUT2D eigenvalue weighted by molar-refractivity contribution is 5.91. The number of carbonyl (C=O) groups is 3. The van der Waals surface area contributed by atoms with Crippen molar-refractivity contribution >= 4 is 28.6 Å². The van der Waals surface area contributed by atoms with Crippen LogP contribution in [-0.2, 0) is 36.7 Å². The number of hydrogen-bond donors (Lipinski definition) is 0. The maximum absolute atomic E-state index is 14.2. The Hall–Kier alpha value is -3.16. The molecule has 2 fully saturated rings. The summed E-state index contributed by atoms with van der Waals surface area (Å²) in [5, 5.41) is 2.07. The molecule has 1 saturated heterocycles. The second-order valence-electron chi connectivity index (χ2n) is 13.1. The number of aromatic nitrogens is 1. The van der Waals surface area contributed by atoms with Crippen LogP contribution in [0.3, 0.4) is 0 Å². The minimum Gasteiger partial charge on any atom is -0.472 e. The van der Waals surface area contributed by atoms with E-state index < -0.39 is 24.0 Å². The van der Waals surface area contributed by atoms with Gasteiger partial charge in [0.05, 0.1) is 32.1 Å². The Morgan fingerprint density at radius 3 is 2.64 bits per heavy atom. The van der Waals surface area contributed by atoms with Gasteiger partial charge in [0.1, 0.15) is 12.1 Å². The summed E-state index contributed by atoms with van der Waals surface area (Å²) >= 11 is 0. The van der Waals surface area contributed by atoms with Crippen molar-refractivity contribution in [3.05, 3.63) is 35.5 Å². The lowest BCUT2D eigenvalue weighted by atomic mass is 9.86. The van der Waals surface area contributed by atoms with Gasteiger partial charge in [-0.3, -0.25) is 9.59 Å². The highest BCUT2D eigenvalue weighted by Gasteiger charge is 2.46. The second-order valence-corrected chi connectivity index (χ2v) is 13.1. The fraction of sp³-hybridized carbons (Fsp3) is 0.647. The fourth-order valence-corrected chi connectivity index (χ4v) is 7.06. The molecule has 0 N–H and O–H groups in total. The predicted molar refractivity (Wildman–Crippen MR) is 160 cm³/mol. The van der Waals surface area contributed by atoms with Crippen LogP contribution in [0.25, 0.3) is 10.8 Å². The number of ether oxygens (including phenoxy) is 3. The van der Waals surface area contributed by atoms with E-state index in [0.717, 1.165) is 62.1 Å². The normalized spacial score (nSPS) is 25.6. The number of amides is 1. The van der Waals surface area contributed by atoms with E-state index >= 15 is 0 Å². The van der Waals surface area contributed by atoms with Gasteiger partial charge in [0.2, 0.25) is 11.8 Å². The van der Waals surface area contributed by atoms with E-state index in [1.807, 2.05) is 6.07 Å². The molecule has 8 heteroatoms. The smallest absolute Gasteiger partial charge is 0.328 e. The van der Waals surface area contributed by atoms with Crippen molar-refractivity contribution in [3.63, 3.8) is 0 Å². The summed E-state index contributed by atoms with van der Waals surface area (Å²) < 4.78 is 17.8. The van der Waals surface area contributed by atoms with Gasteiger partial charge >= 0.3 is 11.9 Å². The summed E-state index contributed by atoms with van der Waals surface area (Å²) in [5.74, 6) is -0.850. The minimum absolute atomic E-state index is 0.0301. The molecule has 42 heavy (non-hydrogen) atoms. The Kier molecular flexibility index (Phi) is 9.38. The first-order chi connectivity index (χ1) is 20.2. The fourth-order valence-electron chi connectivity index (χ4n) is 7.06. The largest absolute Gasteiger partial charge is 0.472 e. The molecular weight excluding hydrogens is 532 g/mol.